The predicted molar refractivity (Wildman–Crippen MR) is 129 cm³/mol. The third-order valence-electron chi connectivity index (χ3n) is 6.20. The number of nitrogens with zero attached hydrogens (tertiary/aromatic N) is 3. The number of hydrogen-bond acceptors (Lipinski definition) is 5. The summed E-state index contributed by atoms with van der Waals surface area (Å²) in [5.74, 6) is -0.606. The molecular formula is C23H31F2N5O2S. The van der Waals surface area contributed by atoms with E-state index in [1.54, 1.807) is 10.4 Å². The maximum absolute atomic E-state index is 14.9. The molecule has 7 nitrogen and oxygen atoms in total. The molecule has 0 amide bonds. The van der Waals surface area contributed by atoms with Crippen molar-refractivity contribution in [2.24, 2.45) is 4.99 Å². The van der Waals surface area contributed by atoms with E-state index in [1.165, 1.54) is 24.8 Å². The van der Waals surface area contributed by atoms with Gasteiger partial charge in [-0.25, -0.2) is 18.1 Å². The first-order chi connectivity index (χ1) is 15.4. The molecule has 1 saturated heterocycles. The van der Waals surface area contributed by atoms with E-state index in [4.69, 9.17) is 0 Å². The third-order valence-corrected chi connectivity index (χ3v) is 8.04. The monoisotopic (exact) mass is 479 g/mol. The van der Waals surface area contributed by atoms with E-state index < -0.39 is 27.2 Å². The fourth-order valence-corrected chi connectivity index (χ4v) is 5.69. The van der Waals surface area contributed by atoms with Gasteiger partial charge in [0.25, 0.3) is 0 Å². The van der Waals surface area contributed by atoms with E-state index in [0.717, 1.165) is 11.3 Å². The number of benzene rings is 1. The van der Waals surface area contributed by atoms with Gasteiger partial charge in [-0.2, -0.15) is 4.21 Å². The highest BCUT2D eigenvalue weighted by atomic mass is 32.3. The van der Waals surface area contributed by atoms with Crippen LogP contribution in [0.3, 0.4) is 0 Å². The molecule has 2 aliphatic rings. The van der Waals surface area contributed by atoms with Crippen molar-refractivity contribution in [3.05, 3.63) is 52.9 Å². The van der Waals surface area contributed by atoms with Gasteiger partial charge in [-0.05, 0) is 55.5 Å². The van der Waals surface area contributed by atoms with Crippen molar-refractivity contribution in [1.29, 1.82) is 0 Å². The number of aryl methyl sites for hydroxylation is 2. The zero-order chi connectivity index (χ0) is 24.0. The van der Waals surface area contributed by atoms with Gasteiger partial charge >= 0.3 is 0 Å². The van der Waals surface area contributed by atoms with E-state index >= 15 is 0 Å². The van der Waals surface area contributed by atoms with Crippen molar-refractivity contribution in [2.75, 3.05) is 25.6 Å². The van der Waals surface area contributed by atoms with Gasteiger partial charge in [0.15, 0.2) is 5.96 Å². The Bertz CT molecular complexity index is 1200. The summed E-state index contributed by atoms with van der Waals surface area (Å²) in [6.45, 7) is 4.75. The van der Waals surface area contributed by atoms with Crippen LogP contribution >= 0.6 is 0 Å². The van der Waals surface area contributed by atoms with E-state index in [1.807, 2.05) is 19.9 Å². The number of pyridine rings is 1. The molecule has 1 unspecified atom stereocenters. The number of halogens is 2. The van der Waals surface area contributed by atoms with Crippen LogP contribution < -0.4 is 10.6 Å². The number of nitrogens with one attached hydrogen (secondary N) is 2. The van der Waals surface area contributed by atoms with E-state index in [0.29, 0.717) is 49.3 Å². The Morgan fingerprint density at radius 1 is 1.24 bits per heavy atom. The molecule has 1 aromatic carbocycles. The molecule has 1 fully saturated rings. The fourth-order valence-electron chi connectivity index (χ4n) is 4.44. The zero-order valence-electron chi connectivity index (χ0n) is 19.4. The van der Waals surface area contributed by atoms with Crippen molar-refractivity contribution in [1.82, 2.24) is 19.9 Å². The van der Waals surface area contributed by atoms with Gasteiger partial charge in [0, 0.05) is 48.9 Å². The molecule has 33 heavy (non-hydrogen) atoms. The number of aromatic nitrogens is 1. The molecule has 0 spiro atoms. The van der Waals surface area contributed by atoms with Crippen molar-refractivity contribution in [2.45, 2.75) is 45.2 Å². The second-order valence-corrected chi connectivity index (χ2v) is 13.2. The van der Waals surface area contributed by atoms with Gasteiger partial charge < -0.3 is 10.6 Å². The van der Waals surface area contributed by atoms with Crippen LogP contribution in [-0.4, -0.2) is 55.7 Å². The van der Waals surface area contributed by atoms with Gasteiger partial charge in [0.1, 0.15) is 23.2 Å². The summed E-state index contributed by atoms with van der Waals surface area (Å²) < 4.78 is 53.9. The van der Waals surface area contributed by atoms with Crippen molar-refractivity contribution in [3.63, 3.8) is 0 Å². The summed E-state index contributed by atoms with van der Waals surface area (Å²) in [7, 11) is -3.75. The number of guanidine groups is 1. The highest BCUT2D eigenvalue weighted by Crippen LogP contribution is 2.33. The van der Waals surface area contributed by atoms with Crippen molar-refractivity contribution < 1.29 is 17.5 Å². The number of hydrogen-bond donors (Lipinski definition) is 3. The Hall–Kier alpha value is -2.43. The lowest BCUT2D eigenvalue weighted by Crippen LogP contribution is -2.55. The van der Waals surface area contributed by atoms with E-state index in [9.17, 15) is 17.5 Å². The highest BCUT2D eigenvalue weighted by Gasteiger charge is 2.31. The summed E-state index contributed by atoms with van der Waals surface area (Å²) in [6.07, 6.45) is 5.95. The average molecular weight is 480 g/mol. The largest absolute Gasteiger partial charge is 0.353 e. The Morgan fingerprint density at radius 3 is 2.58 bits per heavy atom. The van der Waals surface area contributed by atoms with Crippen LogP contribution in [0.1, 0.15) is 42.6 Å². The lowest BCUT2D eigenvalue weighted by Gasteiger charge is -2.48. The highest BCUT2D eigenvalue weighted by molar-refractivity contribution is 8.11. The Morgan fingerprint density at radius 2 is 1.94 bits per heavy atom. The Kier molecular flexibility index (Phi) is 6.05. The topological polar surface area (TPSA) is 89.9 Å². The molecule has 1 atom stereocenters. The molecule has 0 bridgehead atoms. The van der Waals surface area contributed by atoms with E-state index in [2.05, 4.69) is 20.6 Å². The Labute approximate surface area is 192 Å². The number of rotatable bonds is 4. The first kappa shape index (κ1) is 23.7. The van der Waals surface area contributed by atoms with Crippen LogP contribution in [-0.2, 0) is 16.0 Å². The molecule has 180 valence electrons. The third kappa shape index (κ3) is 5.07. The maximum atomic E-state index is 14.9. The fraction of sp³-hybridized carbons (Fsp3) is 0.478. The minimum absolute atomic E-state index is 0.0181. The van der Waals surface area contributed by atoms with Crippen LogP contribution in [0.5, 0.6) is 0 Å². The number of fused-ring (bicyclic) bond motifs is 1. The van der Waals surface area contributed by atoms with Crippen LogP contribution in [0.25, 0.3) is 10.9 Å². The average Bonchev–Trinajstić information content (AvgIpc) is 2.74. The summed E-state index contributed by atoms with van der Waals surface area (Å²) in [5.41, 5.74) is 2.40. The standard InChI is InChI=1S/C23H31F2N5O2S/c1-5-15-10-14(2)27-22-18(15)11-16(12-19(22)24)21-20(25)13-26-23(29-21)28-17-6-8-30(9-7-17)33(3,4,31)32/h10-13,17,21H,5-9H2,1-4H3,(H,31,32)(H2,26,28,29). The summed E-state index contributed by atoms with van der Waals surface area (Å²) in [5, 5.41) is 6.76. The minimum Gasteiger partial charge on any atom is -0.353 e. The van der Waals surface area contributed by atoms with Crippen LogP contribution in [0.2, 0.25) is 0 Å². The molecule has 3 N–H and O–H groups in total. The van der Waals surface area contributed by atoms with Crippen molar-refractivity contribution >= 4 is 26.4 Å². The molecule has 0 radical (unpaired) electrons. The molecule has 10 heteroatoms. The molecule has 0 saturated carbocycles. The zero-order valence-corrected chi connectivity index (χ0v) is 20.2. The summed E-state index contributed by atoms with van der Waals surface area (Å²) in [4.78, 5) is 8.80. The summed E-state index contributed by atoms with van der Waals surface area (Å²) >= 11 is 0. The maximum Gasteiger partial charge on any atom is 0.196 e. The van der Waals surface area contributed by atoms with Gasteiger partial charge in [0.05, 0.1) is 0 Å². The lowest BCUT2D eigenvalue weighted by molar-refractivity contribution is 0.284. The van der Waals surface area contributed by atoms with Crippen LogP contribution in [0.4, 0.5) is 8.78 Å². The van der Waals surface area contributed by atoms with Gasteiger partial charge in [-0.1, -0.05) is 6.92 Å². The van der Waals surface area contributed by atoms with Gasteiger partial charge in [0.2, 0.25) is 0 Å². The predicted octanol–water partition coefficient (Wildman–Crippen LogP) is 3.58. The first-order valence-corrected chi connectivity index (χ1v) is 13.8. The van der Waals surface area contributed by atoms with Gasteiger partial charge in [-0.3, -0.25) is 9.54 Å². The SMILES string of the molecule is CCc1cc(C)nc2c(F)cc(C3N=C(NC4CCN(S(C)(C)(=O)O)CC4)NC=C3F)cc12. The molecular weight excluding hydrogens is 448 g/mol. The molecule has 2 aromatic rings. The molecule has 2 aliphatic heterocycles. The lowest BCUT2D eigenvalue weighted by atomic mass is 9.98. The second kappa shape index (κ2) is 8.41. The molecule has 1 aromatic heterocycles. The Balaban J connectivity index is 1.56. The van der Waals surface area contributed by atoms with Gasteiger partial charge in [-0.15, -0.1) is 9.53 Å². The molecule has 0 aliphatic carbocycles. The summed E-state index contributed by atoms with van der Waals surface area (Å²) in [6, 6.07) is 4.05. The van der Waals surface area contributed by atoms with Crippen LogP contribution in [0, 0.1) is 12.7 Å². The first-order valence-electron chi connectivity index (χ1n) is 11.1. The number of piperidine rings is 1. The smallest absolute Gasteiger partial charge is 0.196 e. The normalized spacial score (nSPS) is 21.7. The van der Waals surface area contributed by atoms with Crippen LogP contribution in [0.15, 0.2) is 35.2 Å². The number of aliphatic imine (C=N–C) groups is 1. The molecule has 4 rings (SSSR count). The quantitative estimate of drug-likeness (QED) is 0.624. The van der Waals surface area contributed by atoms with Crippen molar-refractivity contribution in [3.8, 4) is 0 Å². The van der Waals surface area contributed by atoms with E-state index in [-0.39, 0.29) is 11.6 Å². The molecule has 3 heterocycles. The minimum atomic E-state index is -3.75. The second-order valence-electron chi connectivity index (χ2n) is 9.28.